The molecule has 0 radical (unpaired) electrons. The summed E-state index contributed by atoms with van der Waals surface area (Å²) in [6.45, 7) is -0.767. The molecule has 0 aliphatic rings. The molecule has 0 bridgehead atoms. The quantitative estimate of drug-likeness (QED) is 0.847. The van der Waals surface area contributed by atoms with Crippen molar-refractivity contribution in [1.82, 2.24) is 0 Å². The van der Waals surface area contributed by atoms with Gasteiger partial charge in [0.15, 0.2) is 0 Å². The van der Waals surface area contributed by atoms with E-state index in [1.54, 1.807) is 6.07 Å². The third-order valence-electron chi connectivity index (χ3n) is 2.02. The first-order valence-electron chi connectivity index (χ1n) is 4.23. The highest BCUT2D eigenvalue weighted by Crippen LogP contribution is 2.40. The molecule has 0 unspecified atom stereocenters. The molecule has 16 heavy (non-hydrogen) atoms. The van der Waals surface area contributed by atoms with E-state index in [4.69, 9.17) is 10.4 Å². The van der Waals surface area contributed by atoms with Gasteiger partial charge >= 0.3 is 6.18 Å². The van der Waals surface area contributed by atoms with Crippen LogP contribution in [0.5, 0.6) is 5.75 Å². The zero-order chi connectivity index (χ0) is 12.3. The van der Waals surface area contributed by atoms with E-state index in [-0.39, 0.29) is 11.1 Å². The lowest BCUT2D eigenvalue weighted by atomic mass is 10.0. The molecule has 0 aromatic heterocycles. The average molecular weight is 231 g/mol. The number of benzene rings is 1. The molecular weight excluding hydrogens is 223 g/mol. The van der Waals surface area contributed by atoms with Crippen molar-refractivity contribution >= 4 is 0 Å². The van der Waals surface area contributed by atoms with Crippen molar-refractivity contribution in [2.24, 2.45) is 0 Å². The molecule has 86 valence electrons. The van der Waals surface area contributed by atoms with Crippen molar-refractivity contribution < 1.29 is 23.0 Å². The third kappa shape index (κ3) is 2.09. The fourth-order valence-electron chi connectivity index (χ4n) is 1.37. The summed E-state index contributed by atoms with van der Waals surface area (Å²) in [4.78, 5) is 0. The van der Waals surface area contributed by atoms with Gasteiger partial charge in [0.05, 0.1) is 19.3 Å². The van der Waals surface area contributed by atoms with Gasteiger partial charge in [-0.3, -0.25) is 0 Å². The Labute approximate surface area is 89.7 Å². The smallest absolute Gasteiger partial charge is 0.420 e. The second-order valence-electron chi connectivity index (χ2n) is 2.95. The van der Waals surface area contributed by atoms with Gasteiger partial charge in [0.25, 0.3) is 0 Å². The van der Waals surface area contributed by atoms with Crippen molar-refractivity contribution in [3.05, 3.63) is 28.8 Å². The molecule has 0 atom stereocenters. The summed E-state index contributed by atoms with van der Waals surface area (Å²) in [5.41, 5.74) is -1.63. The highest BCUT2D eigenvalue weighted by molar-refractivity contribution is 5.53. The Bertz CT molecular complexity index is 435. The molecule has 1 N–H and O–H groups in total. The van der Waals surface area contributed by atoms with Crippen molar-refractivity contribution in [2.75, 3.05) is 7.11 Å². The zero-order valence-corrected chi connectivity index (χ0v) is 8.30. The highest BCUT2D eigenvalue weighted by Gasteiger charge is 2.38. The number of aliphatic hydroxyl groups is 1. The van der Waals surface area contributed by atoms with Crippen LogP contribution in [0.15, 0.2) is 12.1 Å². The molecule has 1 aromatic rings. The SMILES string of the molecule is COc1c(C#N)ccc(CO)c1C(F)(F)F. The largest absolute Gasteiger partial charge is 0.495 e. The van der Waals surface area contributed by atoms with E-state index in [2.05, 4.69) is 4.74 Å². The van der Waals surface area contributed by atoms with Gasteiger partial charge in [0.2, 0.25) is 0 Å². The Morgan fingerprint density at radius 1 is 1.44 bits per heavy atom. The van der Waals surface area contributed by atoms with Crippen molar-refractivity contribution in [3.8, 4) is 11.8 Å². The fraction of sp³-hybridized carbons (Fsp3) is 0.300. The van der Waals surface area contributed by atoms with Crippen LogP contribution in [0.3, 0.4) is 0 Å². The van der Waals surface area contributed by atoms with Crippen molar-refractivity contribution in [2.45, 2.75) is 12.8 Å². The van der Waals surface area contributed by atoms with E-state index in [1.165, 1.54) is 6.07 Å². The molecule has 0 saturated carbocycles. The lowest BCUT2D eigenvalue weighted by molar-refractivity contribution is -0.139. The van der Waals surface area contributed by atoms with E-state index >= 15 is 0 Å². The number of halogens is 3. The molecule has 3 nitrogen and oxygen atoms in total. The number of ether oxygens (including phenoxy) is 1. The summed E-state index contributed by atoms with van der Waals surface area (Å²) in [6.07, 6.45) is -4.67. The minimum atomic E-state index is -4.67. The number of rotatable bonds is 2. The summed E-state index contributed by atoms with van der Waals surface area (Å²) in [5, 5.41) is 17.5. The molecule has 0 heterocycles. The molecule has 6 heteroatoms. The van der Waals surface area contributed by atoms with Gasteiger partial charge in [-0.2, -0.15) is 18.4 Å². The summed E-state index contributed by atoms with van der Waals surface area (Å²) in [5.74, 6) is -0.554. The van der Waals surface area contributed by atoms with Crippen LogP contribution in [0.4, 0.5) is 13.2 Å². The van der Waals surface area contributed by atoms with Gasteiger partial charge in [-0.25, -0.2) is 0 Å². The summed E-state index contributed by atoms with van der Waals surface area (Å²) < 4.78 is 42.7. The van der Waals surface area contributed by atoms with Crippen LogP contribution >= 0.6 is 0 Å². The molecular formula is C10H8F3NO2. The molecule has 0 saturated heterocycles. The van der Waals surface area contributed by atoms with Crippen molar-refractivity contribution in [1.29, 1.82) is 5.26 Å². The van der Waals surface area contributed by atoms with E-state index in [9.17, 15) is 13.2 Å². The molecule has 0 fully saturated rings. The lowest BCUT2D eigenvalue weighted by Gasteiger charge is -2.16. The van der Waals surface area contributed by atoms with E-state index in [0.717, 1.165) is 13.2 Å². The predicted octanol–water partition coefficient (Wildman–Crippen LogP) is 2.08. The van der Waals surface area contributed by atoms with E-state index in [1.807, 2.05) is 0 Å². The van der Waals surface area contributed by atoms with Crippen LogP contribution in [-0.4, -0.2) is 12.2 Å². The van der Waals surface area contributed by atoms with Gasteiger partial charge in [-0.15, -0.1) is 0 Å². The maximum absolute atomic E-state index is 12.7. The van der Waals surface area contributed by atoms with Gasteiger partial charge in [0, 0.05) is 0 Å². The summed E-state index contributed by atoms with van der Waals surface area (Å²) >= 11 is 0. The monoisotopic (exact) mass is 231 g/mol. The Kier molecular flexibility index (Phi) is 3.40. The van der Waals surface area contributed by atoms with Crippen LogP contribution in [0, 0.1) is 11.3 Å². The van der Waals surface area contributed by atoms with Crippen molar-refractivity contribution in [3.63, 3.8) is 0 Å². The topological polar surface area (TPSA) is 53.2 Å². The Balaban J connectivity index is 3.58. The lowest BCUT2D eigenvalue weighted by Crippen LogP contribution is -2.12. The van der Waals surface area contributed by atoms with Gasteiger partial charge in [0.1, 0.15) is 17.4 Å². The molecule has 0 amide bonds. The minimum Gasteiger partial charge on any atom is -0.495 e. The Morgan fingerprint density at radius 2 is 2.06 bits per heavy atom. The summed E-state index contributed by atoms with van der Waals surface area (Å²) in [6, 6.07) is 3.84. The van der Waals surface area contributed by atoms with Gasteiger partial charge < -0.3 is 9.84 Å². The molecule has 1 rings (SSSR count). The Hall–Kier alpha value is -1.74. The first-order chi connectivity index (χ1) is 7.45. The summed E-state index contributed by atoms with van der Waals surface area (Å²) in [7, 11) is 1.05. The van der Waals surface area contributed by atoms with Crippen LogP contribution < -0.4 is 4.74 Å². The highest BCUT2D eigenvalue weighted by atomic mass is 19.4. The second-order valence-corrected chi connectivity index (χ2v) is 2.95. The average Bonchev–Trinajstić information content (AvgIpc) is 2.25. The first kappa shape index (κ1) is 12.3. The van der Waals surface area contributed by atoms with Crippen LogP contribution in [0.2, 0.25) is 0 Å². The number of aliphatic hydroxyl groups excluding tert-OH is 1. The minimum absolute atomic E-state index is 0.216. The predicted molar refractivity (Wildman–Crippen MR) is 48.6 cm³/mol. The van der Waals surface area contributed by atoms with Crippen LogP contribution in [-0.2, 0) is 12.8 Å². The van der Waals surface area contributed by atoms with Gasteiger partial charge in [-0.1, -0.05) is 6.07 Å². The molecule has 1 aromatic carbocycles. The molecule has 0 spiro atoms. The van der Waals surface area contributed by atoms with Crippen LogP contribution in [0.1, 0.15) is 16.7 Å². The van der Waals surface area contributed by atoms with Crippen LogP contribution in [0.25, 0.3) is 0 Å². The van der Waals surface area contributed by atoms with Gasteiger partial charge in [-0.05, 0) is 11.6 Å². The van der Waals surface area contributed by atoms with E-state index < -0.39 is 24.1 Å². The number of hydrogen-bond donors (Lipinski definition) is 1. The maximum atomic E-state index is 12.7. The maximum Gasteiger partial charge on any atom is 0.420 e. The number of alkyl halides is 3. The number of hydrogen-bond acceptors (Lipinski definition) is 3. The molecule has 0 aliphatic carbocycles. The Morgan fingerprint density at radius 3 is 2.44 bits per heavy atom. The van der Waals surface area contributed by atoms with E-state index in [0.29, 0.717) is 0 Å². The first-order valence-corrected chi connectivity index (χ1v) is 4.23. The number of methoxy groups -OCH3 is 1. The normalized spacial score (nSPS) is 11.0. The number of nitriles is 1. The third-order valence-corrected chi connectivity index (χ3v) is 2.02. The standard InChI is InChI=1S/C10H8F3NO2/c1-16-9-6(4-14)2-3-7(5-15)8(9)10(11,12)13/h2-3,15H,5H2,1H3. The fourth-order valence-corrected chi connectivity index (χ4v) is 1.37. The zero-order valence-electron chi connectivity index (χ0n) is 8.30. The molecule has 0 aliphatic heterocycles. The second kappa shape index (κ2) is 4.41. The number of nitrogens with zero attached hydrogens (tertiary/aromatic N) is 1.